The minimum atomic E-state index is 0.750. The van der Waals surface area contributed by atoms with Crippen molar-refractivity contribution in [2.45, 2.75) is 0 Å². The highest BCUT2D eigenvalue weighted by Crippen LogP contribution is 2.27. The largest absolute Gasteiger partial charge is 0.399 e. The number of hydrogen-bond donors (Lipinski definition) is 1. The smallest absolute Gasteiger partial charge is 0.0730 e. The fourth-order valence-corrected chi connectivity index (χ4v) is 2.60. The van der Waals surface area contributed by atoms with Crippen LogP contribution in [0.25, 0.3) is 32.6 Å². The van der Waals surface area contributed by atoms with E-state index in [4.69, 9.17) is 10.7 Å². The lowest BCUT2D eigenvalue weighted by molar-refractivity contribution is 1.51. The Morgan fingerprint density at radius 3 is 2.47 bits per heavy atom. The summed E-state index contributed by atoms with van der Waals surface area (Å²) in [4.78, 5) is 4.71. The van der Waals surface area contributed by atoms with Gasteiger partial charge in [-0.2, -0.15) is 0 Å². The Bertz CT molecular complexity index is 926. The third-order valence-corrected chi connectivity index (χ3v) is 3.54. The SMILES string of the molecule is Nc1ccc2cc3c(ccc4ccccc43)nc2c1. The van der Waals surface area contributed by atoms with Crippen molar-refractivity contribution >= 4 is 38.3 Å². The third-order valence-electron chi connectivity index (χ3n) is 3.54. The highest BCUT2D eigenvalue weighted by atomic mass is 14.7. The minimum Gasteiger partial charge on any atom is -0.399 e. The van der Waals surface area contributed by atoms with Crippen LogP contribution >= 0.6 is 0 Å². The summed E-state index contributed by atoms with van der Waals surface area (Å²) in [6, 6.07) is 20.6. The normalized spacial score (nSPS) is 11.4. The molecule has 90 valence electrons. The Morgan fingerprint density at radius 1 is 0.684 bits per heavy atom. The first-order valence-electron chi connectivity index (χ1n) is 6.29. The van der Waals surface area contributed by atoms with E-state index >= 15 is 0 Å². The van der Waals surface area contributed by atoms with Gasteiger partial charge in [0.05, 0.1) is 11.0 Å². The van der Waals surface area contributed by atoms with Crippen LogP contribution in [0.3, 0.4) is 0 Å². The molecular formula is C17H12N2. The van der Waals surface area contributed by atoms with Gasteiger partial charge in [0, 0.05) is 16.5 Å². The van der Waals surface area contributed by atoms with E-state index in [9.17, 15) is 0 Å². The van der Waals surface area contributed by atoms with Gasteiger partial charge < -0.3 is 5.73 Å². The van der Waals surface area contributed by atoms with Crippen LogP contribution in [-0.4, -0.2) is 4.98 Å². The van der Waals surface area contributed by atoms with Crippen molar-refractivity contribution in [1.82, 2.24) is 4.98 Å². The van der Waals surface area contributed by atoms with Crippen molar-refractivity contribution in [2.75, 3.05) is 5.73 Å². The van der Waals surface area contributed by atoms with E-state index in [1.165, 1.54) is 16.2 Å². The molecule has 4 aromatic rings. The number of benzene rings is 3. The second-order valence-corrected chi connectivity index (χ2v) is 4.79. The summed E-state index contributed by atoms with van der Waals surface area (Å²) in [6.45, 7) is 0. The summed E-state index contributed by atoms with van der Waals surface area (Å²) in [6.07, 6.45) is 0. The molecule has 4 rings (SSSR count). The monoisotopic (exact) mass is 244 g/mol. The zero-order valence-electron chi connectivity index (χ0n) is 10.3. The quantitative estimate of drug-likeness (QED) is 0.287. The Morgan fingerprint density at radius 2 is 1.53 bits per heavy atom. The van der Waals surface area contributed by atoms with E-state index in [-0.39, 0.29) is 0 Å². The molecule has 0 aliphatic carbocycles. The van der Waals surface area contributed by atoms with Gasteiger partial charge in [-0.05, 0) is 35.0 Å². The second-order valence-electron chi connectivity index (χ2n) is 4.79. The average Bonchev–Trinajstić information content (AvgIpc) is 2.45. The molecule has 2 nitrogen and oxygen atoms in total. The van der Waals surface area contributed by atoms with Crippen molar-refractivity contribution in [3.8, 4) is 0 Å². The summed E-state index contributed by atoms with van der Waals surface area (Å²) in [5.74, 6) is 0. The summed E-state index contributed by atoms with van der Waals surface area (Å²) < 4.78 is 0. The molecule has 0 radical (unpaired) electrons. The second kappa shape index (κ2) is 3.69. The molecule has 0 amide bonds. The molecule has 19 heavy (non-hydrogen) atoms. The molecule has 0 unspecified atom stereocenters. The van der Waals surface area contributed by atoms with Crippen molar-refractivity contribution in [3.63, 3.8) is 0 Å². The Balaban J connectivity index is 2.22. The number of fused-ring (bicyclic) bond motifs is 4. The van der Waals surface area contributed by atoms with Gasteiger partial charge in [0.25, 0.3) is 0 Å². The van der Waals surface area contributed by atoms with E-state index in [1.807, 2.05) is 18.2 Å². The first-order chi connectivity index (χ1) is 9.31. The van der Waals surface area contributed by atoms with Crippen molar-refractivity contribution < 1.29 is 0 Å². The lowest BCUT2D eigenvalue weighted by atomic mass is 10.0. The lowest BCUT2D eigenvalue weighted by Gasteiger charge is -2.06. The number of rotatable bonds is 0. The van der Waals surface area contributed by atoms with Crippen LogP contribution in [0.15, 0.2) is 60.7 Å². The maximum atomic E-state index is 5.82. The molecule has 0 aliphatic heterocycles. The molecule has 3 aromatic carbocycles. The van der Waals surface area contributed by atoms with Gasteiger partial charge in [0.2, 0.25) is 0 Å². The first kappa shape index (κ1) is 10.3. The summed E-state index contributed by atoms with van der Waals surface area (Å²) >= 11 is 0. The minimum absolute atomic E-state index is 0.750. The molecular weight excluding hydrogens is 232 g/mol. The van der Waals surface area contributed by atoms with Gasteiger partial charge in [0.15, 0.2) is 0 Å². The zero-order chi connectivity index (χ0) is 12.8. The fourth-order valence-electron chi connectivity index (χ4n) is 2.60. The Kier molecular flexibility index (Phi) is 2.00. The standard InChI is InChI=1S/C17H12N2/c18-13-7-5-12-9-15-14-4-2-1-3-11(14)6-8-16(15)19-17(12)10-13/h1-10H,18H2. The molecule has 0 atom stereocenters. The van der Waals surface area contributed by atoms with Crippen LogP contribution in [-0.2, 0) is 0 Å². The van der Waals surface area contributed by atoms with Crippen molar-refractivity contribution in [2.24, 2.45) is 0 Å². The molecule has 1 heterocycles. The first-order valence-corrected chi connectivity index (χ1v) is 6.29. The predicted octanol–water partition coefficient (Wildman–Crippen LogP) is 4.12. The molecule has 1 aromatic heterocycles. The summed E-state index contributed by atoms with van der Waals surface area (Å²) in [5.41, 5.74) is 8.53. The maximum Gasteiger partial charge on any atom is 0.0730 e. The molecule has 2 heteroatoms. The number of nitrogen functional groups attached to an aromatic ring is 1. The number of nitrogens with two attached hydrogens (primary N) is 1. The lowest BCUT2D eigenvalue weighted by Crippen LogP contribution is -1.87. The zero-order valence-corrected chi connectivity index (χ0v) is 10.3. The van der Waals surface area contributed by atoms with Crippen molar-refractivity contribution in [3.05, 3.63) is 60.7 Å². The fraction of sp³-hybridized carbons (Fsp3) is 0. The Hall–Kier alpha value is -2.61. The van der Waals surface area contributed by atoms with Crippen LogP contribution in [0.5, 0.6) is 0 Å². The van der Waals surface area contributed by atoms with Crippen LogP contribution in [0.1, 0.15) is 0 Å². The highest BCUT2D eigenvalue weighted by Gasteiger charge is 2.04. The van der Waals surface area contributed by atoms with Gasteiger partial charge in [-0.25, -0.2) is 4.98 Å². The number of aromatic nitrogens is 1. The maximum absolute atomic E-state index is 5.82. The van der Waals surface area contributed by atoms with Gasteiger partial charge in [-0.1, -0.05) is 36.4 Å². The molecule has 0 saturated carbocycles. The van der Waals surface area contributed by atoms with Gasteiger partial charge in [0.1, 0.15) is 0 Å². The average molecular weight is 244 g/mol. The number of anilines is 1. The van der Waals surface area contributed by atoms with E-state index in [1.54, 1.807) is 0 Å². The topological polar surface area (TPSA) is 38.9 Å². The van der Waals surface area contributed by atoms with E-state index in [2.05, 4.69) is 42.5 Å². The number of pyridine rings is 1. The molecule has 0 saturated heterocycles. The van der Waals surface area contributed by atoms with E-state index in [0.717, 1.165) is 22.1 Å². The third kappa shape index (κ3) is 1.54. The van der Waals surface area contributed by atoms with Crippen LogP contribution in [0, 0.1) is 0 Å². The van der Waals surface area contributed by atoms with E-state index in [0.29, 0.717) is 0 Å². The van der Waals surface area contributed by atoms with Gasteiger partial charge >= 0.3 is 0 Å². The highest BCUT2D eigenvalue weighted by molar-refractivity contribution is 6.09. The predicted molar refractivity (Wildman–Crippen MR) is 81.2 cm³/mol. The van der Waals surface area contributed by atoms with Gasteiger partial charge in [-0.15, -0.1) is 0 Å². The number of hydrogen-bond acceptors (Lipinski definition) is 2. The van der Waals surface area contributed by atoms with Crippen LogP contribution in [0.4, 0.5) is 5.69 Å². The molecule has 0 fully saturated rings. The van der Waals surface area contributed by atoms with E-state index < -0.39 is 0 Å². The molecule has 2 N–H and O–H groups in total. The van der Waals surface area contributed by atoms with Gasteiger partial charge in [-0.3, -0.25) is 0 Å². The molecule has 0 spiro atoms. The van der Waals surface area contributed by atoms with Crippen molar-refractivity contribution in [1.29, 1.82) is 0 Å². The van der Waals surface area contributed by atoms with Crippen LogP contribution in [0.2, 0.25) is 0 Å². The molecule has 0 bridgehead atoms. The number of nitrogens with zero attached hydrogens (tertiary/aromatic N) is 1. The summed E-state index contributed by atoms with van der Waals surface area (Å²) in [7, 11) is 0. The Labute approximate surface area is 110 Å². The summed E-state index contributed by atoms with van der Waals surface area (Å²) in [5, 5.41) is 4.80. The molecule has 0 aliphatic rings. The van der Waals surface area contributed by atoms with Crippen LogP contribution < -0.4 is 5.73 Å².